The number of hydrogen-bond donors (Lipinski definition) is 8. The highest BCUT2D eigenvalue weighted by Crippen LogP contribution is 2.27. The topological polar surface area (TPSA) is 190 Å². The highest BCUT2D eigenvalue weighted by molar-refractivity contribution is 4.93. The van der Waals surface area contributed by atoms with Crippen molar-refractivity contribution >= 4 is 0 Å². The van der Waals surface area contributed by atoms with Gasteiger partial charge in [-0.05, 0) is 0 Å². The highest BCUT2D eigenvalue weighted by atomic mass is 16.7. The van der Waals surface area contributed by atoms with Gasteiger partial charge in [-0.2, -0.15) is 0 Å². The Bertz CT molecular complexity index is 393. The van der Waals surface area contributed by atoms with E-state index in [9.17, 15) is 35.7 Å². The van der Waals surface area contributed by atoms with Gasteiger partial charge in [0.15, 0.2) is 6.29 Å². The lowest BCUT2D eigenvalue weighted by Crippen LogP contribution is -2.64. The Morgan fingerprint density at radius 1 is 0.957 bits per heavy atom. The maximum Gasteiger partial charge on any atom is 0.219 e. The monoisotopic (exact) mass is 342 g/mol. The summed E-state index contributed by atoms with van der Waals surface area (Å²) in [5, 5.41) is 76.8. The standard InChI is InChI=1S/C12H22O11/c13-1-5-7(16)8(17)9(18)11(23-5)21-3-12(20)10(19)6(15)4(14)2-22-12/h4-11,13-20H,1-3H2. The van der Waals surface area contributed by atoms with Gasteiger partial charge in [0, 0.05) is 0 Å². The second-order valence-electron chi connectivity index (χ2n) is 5.67. The van der Waals surface area contributed by atoms with Crippen LogP contribution in [0, 0.1) is 0 Å². The van der Waals surface area contributed by atoms with Crippen molar-refractivity contribution in [3.05, 3.63) is 0 Å². The van der Waals surface area contributed by atoms with Crippen molar-refractivity contribution < 1.29 is 55.1 Å². The summed E-state index contributed by atoms with van der Waals surface area (Å²) in [6, 6.07) is 0. The van der Waals surface area contributed by atoms with Gasteiger partial charge >= 0.3 is 0 Å². The van der Waals surface area contributed by atoms with E-state index in [1.807, 2.05) is 0 Å². The molecule has 23 heavy (non-hydrogen) atoms. The minimum atomic E-state index is -2.38. The first-order valence-corrected chi connectivity index (χ1v) is 7.04. The zero-order chi connectivity index (χ0) is 17.4. The van der Waals surface area contributed by atoms with Crippen molar-refractivity contribution in [1.82, 2.24) is 0 Å². The van der Waals surface area contributed by atoms with Crippen LogP contribution in [0.2, 0.25) is 0 Å². The maximum absolute atomic E-state index is 10.1. The van der Waals surface area contributed by atoms with Gasteiger partial charge in [0.05, 0.1) is 13.2 Å². The molecule has 2 saturated heterocycles. The lowest BCUT2D eigenvalue weighted by Gasteiger charge is -2.44. The number of aliphatic hydroxyl groups excluding tert-OH is 7. The van der Waals surface area contributed by atoms with Gasteiger partial charge in [0.2, 0.25) is 5.79 Å². The molecule has 0 spiro atoms. The van der Waals surface area contributed by atoms with Crippen molar-refractivity contribution in [3.8, 4) is 0 Å². The summed E-state index contributed by atoms with van der Waals surface area (Å²) in [5.41, 5.74) is 0. The molecule has 0 saturated carbocycles. The third-order valence-electron chi connectivity index (χ3n) is 3.99. The van der Waals surface area contributed by atoms with Crippen LogP contribution in [0.4, 0.5) is 0 Å². The Balaban J connectivity index is 1.99. The van der Waals surface area contributed by atoms with E-state index in [2.05, 4.69) is 0 Å². The molecule has 2 rings (SSSR count). The maximum atomic E-state index is 10.1. The fourth-order valence-corrected chi connectivity index (χ4v) is 2.42. The van der Waals surface area contributed by atoms with Gasteiger partial charge in [-0.15, -0.1) is 0 Å². The smallest absolute Gasteiger partial charge is 0.219 e. The third-order valence-corrected chi connectivity index (χ3v) is 3.99. The van der Waals surface area contributed by atoms with Gasteiger partial charge in [-0.3, -0.25) is 0 Å². The molecule has 0 aromatic carbocycles. The molecule has 2 aliphatic heterocycles. The van der Waals surface area contributed by atoms with Crippen molar-refractivity contribution in [2.45, 2.75) is 54.8 Å². The summed E-state index contributed by atoms with van der Waals surface area (Å²) in [5.74, 6) is -2.38. The normalized spacial score (nSPS) is 51.7. The lowest BCUT2D eigenvalue weighted by atomic mass is 9.97. The first kappa shape index (κ1) is 18.9. The van der Waals surface area contributed by atoms with Crippen LogP contribution in [0.25, 0.3) is 0 Å². The molecule has 11 heteroatoms. The van der Waals surface area contributed by atoms with Crippen LogP contribution in [-0.2, 0) is 14.2 Å². The van der Waals surface area contributed by atoms with E-state index in [1.165, 1.54) is 0 Å². The molecule has 0 bridgehead atoms. The molecule has 0 aromatic rings. The molecule has 11 nitrogen and oxygen atoms in total. The third kappa shape index (κ3) is 3.65. The second kappa shape index (κ2) is 7.21. The minimum absolute atomic E-state index is 0.466. The van der Waals surface area contributed by atoms with Crippen LogP contribution in [-0.4, -0.2) is 115 Å². The molecule has 0 amide bonds. The van der Waals surface area contributed by atoms with Crippen LogP contribution < -0.4 is 0 Å². The summed E-state index contributed by atoms with van der Waals surface area (Å²) in [7, 11) is 0. The Labute approximate surface area is 130 Å². The molecule has 2 fully saturated rings. The van der Waals surface area contributed by atoms with Crippen molar-refractivity contribution in [2.24, 2.45) is 0 Å². The van der Waals surface area contributed by atoms with Crippen molar-refractivity contribution in [3.63, 3.8) is 0 Å². The van der Waals surface area contributed by atoms with Gasteiger partial charge in [-0.25, -0.2) is 0 Å². The zero-order valence-corrected chi connectivity index (χ0v) is 12.0. The average molecular weight is 342 g/mol. The predicted molar refractivity (Wildman–Crippen MR) is 68.6 cm³/mol. The Morgan fingerprint density at radius 3 is 2.22 bits per heavy atom. The zero-order valence-electron chi connectivity index (χ0n) is 12.0. The fraction of sp³-hybridized carbons (Fsp3) is 1.00. The molecular weight excluding hydrogens is 320 g/mol. The number of hydrogen-bond acceptors (Lipinski definition) is 11. The van der Waals surface area contributed by atoms with Gasteiger partial charge in [0.25, 0.3) is 0 Å². The number of rotatable bonds is 4. The molecule has 2 heterocycles. The summed E-state index contributed by atoms with van der Waals surface area (Å²) >= 11 is 0. The van der Waals surface area contributed by atoms with E-state index in [-0.39, 0.29) is 0 Å². The molecule has 136 valence electrons. The van der Waals surface area contributed by atoms with Crippen LogP contribution in [0.3, 0.4) is 0 Å². The Hall–Kier alpha value is -0.440. The lowest BCUT2D eigenvalue weighted by molar-refractivity contribution is -0.364. The quantitative estimate of drug-likeness (QED) is 0.243. The molecule has 0 aliphatic carbocycles. The SMILES string of the molecule is OCC1OC(OCC2(O)OCC(O)C(O)C2O)C(O)C(O)C1O. The van der Waals surface area contributed by atoms with Crippen LogP contribution >= 0.6 is 0 Å². The van der Waals surface area contributed by atoms with E-state index < -0.39 is 74.6 Å². The first-order chi connectivity index (χ1) is 10.7. The van der Waals surface area contributed by atoms with Crippen molar-refractivity contribution in [2.75, 3.05) is 19.8 Å². The predicted octanol–water partition coefficient (Wildman–Crippen LogP) is -5.40. The summed E-state index contributed by atoms with van der Waals surface area (Å²) in [6.07, 6.45) is -12.6. The molecular formula is C12H22O11. The van der Waals surface area contributed by atoms with Crippen LogP contribution in [0.5, 0.6) is 0 Å². The molecule has 0 radical (unpaired) electrons. The van der Waals surface area contributed by atoms with Crippen LogP contribution in [0.15, 0.2) is 0 Å². The Morgan fingerprint density at radius 2 is 1.61 bits per heavy atom. The minimum Gasteiger partial charge on any atom is -0.394 e. The largest absolute Gasteiger partial charge is 0.394 e. The van der Waals surface area contributed by atoms with Gasteiger partial charge < -0.3 is 55.1 Å². The Kier molecular flexibility index (Phi) is 5.92. The van der Waals surface area contributed by atoms with E-state index in [1.54, 1.807) is 0 Å². The van der Waals surface area contributed by atoms with E-state index in [0.717, 1.165) is 0 Å². The van der Waals surface area contributed by atoms with E-state index >= 15 is 0 Å². The van der Waals surface area contributed by atoms with Crippen molar-refractivity contribution in [1.29, 1.82) is 0 Å². The average Bonchev–Trinajstić information content (AvgIpc) is 2.54. The first-order valence-electron chi connectivity index (χ1n) is 7.04. The summed E-state index contributed by atoms with van der Waals surface area (Å²) in [6.45, 7) is -1.90. The fourth-order valence-electron chi connectivity index (χ4n) is 2.42. The molecule has 9 unspecified atom stereocenters. The molecule has 9 atom stereocenters. The number of aliphatic hydroxyl groups is 8. The van der Waals surface area contributed by atoms with Gasteiger partial charge in [-0.1, -0.05) is 0 Å². The van der Waals surface area contributed by atoms with E-state index in [4.69, 9.17) is 19.3 Å². The second-order valence-corrected chi connectivity index (χ2v) is 5.67. The van der Waals surface area contributed by atoms with Gasteiger partial charge in [0.1, 0.15) is 49.3 Å². The molecule has 2 aliphatic rings. The number of ether oxygens (including phenoxy) is 3. The molecule has 0 aromatic heterocycles. The summed E-state index contributed by atoms with van der Waals surface area (Å²) in [4.78, 5) is 0. The van der Waals surface area contributed by atoms with E-state index in [0.29, 0.717) is 0 Å². The summed E-state index contributed by atoms with van der Waals surface area (Å²) < 4.78 is 15.0. The molecule has 8 N–H and O–H groups in total. The van der Waals surface area contributed by atoms with Crippen LogP contribution in [0.1, 0.15) is 0 Å². The highest BCUT2D eigenvalue weighted by Gasteiger charge is 2.50.